The Kier molecular flexibility index (Phi) is 9.41. The maximum absolute atomic E-state index is 13.2. The van der Waals surface area contributed by atoms with Gasteiger partial charge < -0.3 is 15.2 Å². The highest BCUT2D eigenvalue weighted by molar-refractivity contribution is 5.98. The van der Waals surface area contributed by atoms with Crippen LogP contribution < -0.4 is 10.1 Å². The zero-order chi connectivity index (χ0) is 21.9. The van der Waals surface area contributed by atoms with Crippen LogP contribution in [-0.2, 0) is 4.79 Å². The maximum Gasteiger partial charge on any atom is 0.220 e. The summed E-state index contributed by atoms with van der Waals surface area (Å²) in [5, 5.41) is 12.5. The number of nitrogens with one attached hydrogen (secondary N) is 1. The minimum atomic E-state index is -1.18. The van der Waals surface area contributed by atoms with Crippen LogP contribution >= 0.6 is 0 Å². The van der Waals surface area contributed by atoms with E-state index < -0.39 is 23.6 Å². The van der Waals surface area contributed by atoms with Crippen LogP contribution in [0, 0.1) is 11.6 Å². The molecule has 162 valence electrons. The standard InChI is InChI=1S/C23H27F2NO4/c1-2-3-4-13-30-18-8-5-16(6-9-18)21(27)11-12-23(29)26-15-22(28)17-7-10-19(24)20(25)14-17/h5-10,14,22,28H,2-4,11-13,15H2,1H3,(H,26,29). The van der Waals surface area contributed by atoms with E-state index in [-0.39, 0.29) is 30.7 Å². The number of Topliss-reactive ketones (excluding diaryl/α,β-unsaturated/α-hetero) is 1. The fourth-order valence-electron chi connectivity index (χ4n) is 2.79. The van der Waals surface area contributed by atoms with Crippen LogP contribution in [0.3, 0.4) is 0 Å². The average molecular weight is 419 g/mol. The summed E-state index contributed by atoms with van der Waals surface area (Å²) in [6, 6.07) is 9.85. The summed E-state index contributed by atoms with van der Waals surface area (Å²) in [5.74, 6) is -1.97. The molecule has 0 fully saturated rings. The summed E-state index contributed by atoms with van der Waals surface area (Å²) < 4.78 is 31.7. The first kappa shape index (κ1) is 23.5. The quantitative estimate of drug-likeness (QED) is 0.396. The second-order valence-corrected chi connectivity index (χ2v) is 7.00. The number of rotatable bonds is 12. The summed E-state index contributed by atoms with van der Waals surface area (Å²) >= 11 is 0. The molecule has 0 saturated carbocycles. The third kappa shape index (κ3) is 7.55. The Morgan fingerprint density at radius 2 is 1.77 bits per heavy atom. The van der Waals surface area contributed by atoms with E-state index in [1.165, 1.54) is 6.07 Å². The lowest BCUT2D eigenvalue weighted by Crippen LogP contribution is -2.28. The van der Waals surface area contributed by atoms with E-state index in [2.05, 4.69) is 12.2 Å². The molecular weight excluding hydrogens is 392 g/mol. The van der Waals surface area contributed by atoms with Gasteiger partial charge in [-0.3, -0.25) is 9.59 Å². The monoisotopic (exact) mass is 419 g/mol. The molecule has 0 aliphatic rings. The van der Waals surface area contributed by atoms with Crippen molar-refractivity contribution in [1.29, 1.82) is 0 Å². The van der Waals surface area contributed by atoms with Crippen molar-refractivity contribution >= 4 is 11.7 Å². The van der Waals surface area contributed by atoms with Crippen molar-refractivity contribution in [2.24, 2.45) is 0 Å². The first-order valence-corrected chi connectivity index (χ1v) is 10.1. The predicted molar refractivity (Wildman–Crippen MR) is 109 cm³/mol. The second kappa shape index (κ2) is 12.0. The van der Waals surface area contributed by atoms with Crippen molar-refractivity contribution in [2.45, 2.75) is 45.1 Å². The Morgan fingerprint density at radius 3 is 2.43 bits per heavy atom. The van der Waals surface area contributed by atoms with Gasteiger partial charge in [0.05, 0.1) is 12.7 Å². The molecule has 2 rings (SSSR count). The Balaban J connectivity index is 1.73. The molecule has 2 aromatic rings. The smallest absolute Gasteiger partial charge is 0.220 e. The minimum Gasteiger partial charge on any atom is -0.494 e. The molecule has 2 N–H and O–H groups in total. The SMILES string of the molecule is CCCCCOc1ccc(C(=O)CCC(=O)NCC(O)c2ccc(F)c(F)c2)cc1. The third-order valence-corrected chi connectivity index (χ3v) is 4.59. The Bertz CT molecular complexity index is 840. The molecular formula is C23H27F2NO4. The summed E-state index contributed by atoms with van der Waals surface area (Å²) in [6.07, 6.45) is 2.01. The molecule has 2 aromatic carbocycles. The third-order valence-electron chi connectivity index (χ3n) is 4.59. The highest BCUT2D eigenvalue weighted by Gasteiger charge is 2.14. The molecule has 0 heterocycles. The van der Waals surface area contributed by atoms with E-state index in [0.29, 0.717) is 17.9 Å². The van der Waals surface area contributed by atoms with Crippen LogP contribution in [0.25, 0.3) is 0 Å². The highest BCUT2D eigenvalue weighted by Crippen LogP contribution is 2.16. The van der Waals surface area contributed by atoms with Gasteiger partial charge in [-0.2, -0.15) is 0 Å². The fourth-order valence-corrected chi connectivity index (χ4v) is 2.79. The van der Waals surface area contributed by atoms with Gasteiger partial charge in [0.15, 0.2) is 17.4 Å². The average Bonchev–Trinajstić information content (AvgIpc) is 2.75. The highest BCUT2D eigenvalue weighted by atomic mass is 19.2. The number of unbranched alkanes of at least 4 members (excludes halogenated alkanes) is 2. The van der Waals surface area contributed by atoms with Gasteiger partial charge in [-0.15, -0.1) is 0 Å². The largest absolute Gasteiger partial charge is 0.494 e. The van der Waals surface area contributed by atoms with E-state index >= 15 is 0 Å². The van der Waals surface area contributed by atoms with Gasteiger partial charge in [0.25, 0.3) is 0 Å². The predicted octanol–water partition coefficient (Wildman–Crippen LogP) is 4.35. The van der Waals surface area contributed by atoms with Gasteiger partial charge in [-0.05, 0) is 48.4 Å². The molecule has 7 heteroatoms. The molecule has 1 amide bonds. The number of amides is 1. The Morgan fingerprint density at radius 1 is 1.03 bits per heavy atom. The lowest BCUT2D eigenvalue weighted by atomic mass is 10.1. The molecule has 1 atom stereocenters. The van der Waals surface area contributed by atoms with Gasteiger partial charge in [-0.25, -0.2) is 8.78 Å². The first-order valence-electron chi connectivity index (χ1n) is 10.1. The Labute approximate surface area is 175 Å². The van der Waals surface area contributed by atoms with Gasteiger partial charge in [0, 0.05) is 24.9 Å². The summed E-state index contributed by atoms with van der Waals surface area (Å²) in [6.45, 7) is 2.59. The van der Waals surface area contributed by atoms with Gasteiger partial charge in [0.1, 0.15) is 5.75 Å². The number of benzene rings is 2. The molecule has 30 heavy (non-hydrogen) atoms. The van der Waals surface area contributed by atoms with Crippen molar-refractivity contribution in [2.75, 3.05) is 13.2 Å². The topological polar surface area (TPSA) is 75.6 Å². The summed E-state index contributed by atoms with van der Waals surface area (Å²) in [7, 11) is 0. The molecule has 0 spiro atoms. The zero-order valence-electron chi connectivity index (χ0n) is 17.0. The maximum atomic E-state index is 13.2. The van der Waals surface area contributed by atoms with Crippen molar-refractivity contribution < 1.29 is 28.2 Å². The van der Waals surface area contributed by atoms with Crippen LogP contribution in [0.15, 0.2) is 42.5 Å². The zero-order valence-corrected chi connectivity index (χ0v) is 17.0. The second-order valence-electron chi connectivity index (χ2n) is 7.00. The van der Waals surface area contributed by atoms with Crippen LogP contribution in [0.1, 0.15) is 61.1 Å². The van der Waals surface area contributed by atoms with Crippen LogP contribution in [0.5, 0.6) is 5.75 Å². The van der Waals surface area contributed by atoms with Gasteiger partial charge in [0.2, 0.25) is 5.91 Å². The molecule has 0 saturated heterocycles. The minimum absolute atomic E-state index is 0.0177. The molecule has 0 radical (unpaired) electrons. The van der Waals surface area contributed by atoms with Crippen LogP contribution in [-0.4, -0.2) is 29.9 Å². The van der Waals surface area contributed by atoms with E-state index in [4.69, 9.17) is 4.74 Å². The van der Waals surface area contributed by atoms with Gasteiger partial charge >= 0.3 is 0 Å². The fraction of sp³-hybridized carbons (Fsp3) is 0.391. The number of hydrogen-bond acceptors (Lipinski definition) is 4. The van der Waals surface area contributed by atoms with Crippen molar-refractivity contribution in [3.05, 3.63) is 65.2 Å². The molecule has 0 bridgehead atoms. The molecule has 0 aromatic heterocycles. The molecule has 0 aliphatic heterocycles. The normalized spacial score (nSPS) is 11.7. The van der Waals surface area contributed by atoms with Gasteiger partial charge in [-0.1, -0.05) is 25.8 Å². The molecule has 1 unspecified atom stereocenters. The van der Waals surface area contributed by atoms with E-state index in [1.54, 1.807) is 24.3 Å². The van der Waals surface area contributed by atoms with Crippen molar-refractivity contribution in [3.8, 4) is 5.75 Å². The van der Waals surface area contributed by atoms with E-state index in [0.717, 1.165) is 31.4 Å². The summed E-state index contributed by atoms with van der Waals surface area (Å²) in [5.41, 5.74) is 0.646. The summed E-state index contributed by atoms with van der Waals surface area (Å²) in [4.78, 5) is 24.2. The van der Waals surface area contributed by atoms with Crippen LogP contribution in [0.4, 0.5) is 8.78 Å². The van der Waals surface area contributed by atoms with Crippen LogP contribution in [0.2, 0.25) is 0 Å². The number of ether oxygens (including phenoxy) is 1. The number of aliphatic hydroxyl groups is 1. The number of carbonyl (C=O) groups is 2. The molecule has 0 aliphatic carbocycles. The number of halogens is 2. The lowest BCUT2D eigenvalue weighted by Gasteiger charge is -2.12. The number of aliphatic hydroxyl groups excluding tert-OH is 1. The number of ketones is 1. The number of hydrogen-bond donors (Lipinski definition) is 2. The molecule has 5 nitrogen and oxygen atoms in total. The van der Waals surface area contributed by atoms with E-state index in [1.807, 2.05) is 0 Å². The van der Waals surface area contributed by atoms with E-state index in [9.17, 15) is 23.5 Å². The first-order chi connectivity index (χ1) is 14.4. The lowest BCUT2D eigenvalue weighted by molar-refractivity contribution is -0.121. The number of carbonyl (C=O) groups excluding carboxylic acids is 2. The van der Waals surface area contributed by atoms with Crippen molar-refractivity contribution in [3.63, 3.8) is 0 Å². The Hall–Kier alpha value is -2.80. The van der Waals surface area contributed by atoms with Crippen molar-refractivity contribution in [1.82, 2.24) is 5.32 Å².